The molecule has 2 aliphatic rings. The molecule has 12 rings (SSSR count). The Hall–Kier alpha value is -7.36. The van der Waals surface area contributed by atoms with Crippen molar-refractivity contribution in [1.29, 1.82) is 0 Å². The summed E-state index contributed by atoms with van der Waals surface area (Å²) in [5.74, 6) is 1.76. The van der Waals surface area contributed by atoms with Gasteiger partial charge in [0.25, 0.3) is 0 Å². The molecule has 10 aromatic rings. The lowest BCUT2D eigenvalue weighted by Crippen LogP contribution is -2.33. The van der Waals surface area contributed by atoms with E-state index in [1.54, 1.807) is 0 Å². The van der Waals surface area contributed by atoms with E-state index < -0.39 is 5.41 Å². The second-order valence-electron chi connectivity index (χ2n) is 14.8. The standard InChI is InChI=1S/C53H33NO2/c1-2-16-37(17-3-1)54(38-30-28-34(29-31-38)39-20-12-22-43-41-19-7-10-26-48(41)56-52(39)43)47-25-13-21-42-40-18-6-8-23-44(40)53(51(42)47)45-24-9-11-27-49(45)55-50-33-36-15-5-4-14-35(36)32-46(50)53/h1-33H. The van der Waals surface area contributed by atoms with E-state index in [0.29, 0.717) is 0 Å². The second-order valence-corrected chi connectivity index (χ2v) is 14.8. The molecule has 0 bridgehead atoms. The highest BCUT2D eigenvalue weighted by atomic mass is 16.5. The average molecular weight is 716 g/mol. The fraction of sp³-hybridized carbons (Fsp3) is 0.0189. The van der Waals surface area contributed by atoms with Crippen molar-refractivity contribution in [2.75, 3.05) is 4.90 Å². The van der Waals surface area contributed by atoms with Gasteiger partial charge in [-0.15, -0.1) is 0 Å². The molecule has 1 spiro atoms. The Balaban J connectivity index is 1.12. The first-order valence-corrected chi connectivity index (χ1v) is 19.2. The van der Waals surface area contributed by atoms with E-state index in [-0.39, 0.29) is 0 Å². The molecule has 262 valence electrons. The molecule has 1 aromatic heterocycles. The number of nitrogens with zero attached hydrogens (tertiary/aromatic N) is 1. The van der Waals surface area contributed by atoms with Crippen LogP contribution < -0.4 is 9.64 Å². The molecule has 9 aromatic carbocycles. The molecule has 0 amide bonds. The van der Waals surface area contributed by atoms with Gasteiger partial charge < -0.3 is 14.1 Å². The van der Waals surface area contributed by atoms with Gasteiger partial charge in [-0.05, 0) is 87.6 Å². The first-order valence-electron chi connectivity index (χ1n) is 19.2. The van der Waals surface area contributed by atoms with Crippen LogP contribution in [0.3, 0.4) is 0 Å². The van der Waals surface area contributed by atoms with Gasteiger partial charge in [0.05, 0.1) is 11.1 Å². The minimum atomic E-state index is -0.652. The fourth-order valence-corrected chi connectivity index (χ4v) is 9.58. The second kappa shape index (κ2) is 11.8. The number of hydrogen-bond acceptors (Lipinski definition) is 3. The van der Waals surface area contributed by atoms with Gasteiger partial charge >= 0.3 is 0 Å². The molecule has 0 fully saturated rings. The number of para-hydroxylation sites is 4. The molecule has 3 nitrogen and oxygen atoms in total. The zero-order valence-corrected chi connectivity index (χ0v) is 30.3. The SMILES string of the molecule is c1ccc(N(c2ccc(-c3cccc4c3oc3ccccc34)cc2)c2cccc3c2C2(c4ccccc4Oc4cc5ccccc5cc42)c2ccccc2-3)cc1. The van der Waals surface area contributed by atoms with Crippen LogP contribution in [-0.4, -0.2) is 0 Å². The van der Waals surface area contributed by atoms with Gasteiger partial charge in [-0.25, -0.2) is 0 Å². The van der Waals surface area contributed by atoms with E-state index in [2.05, 4.69) is 193 Å². The Morgan fingerprint density at radius 3 is 1.93 bits per heavy atom. The van der Waals surface area contributed by atoms with Crippen molar-refractivity contribution in [3.8, 4) is 33.8 Å². The molecule has 0 N–H and O–H groups in total. The van der Waals surface area contributed by atoms with E-state index in [0.717, 1.165) is 78.1 Å². The molecule has 56 heavy (non-hydrogen) atoms. The number of rotatable bonds is 4. The van der Waals surface area contributed by atoms with E-state index in [9.17, 15) is 0 Å². The van der Waals surface area contributed by atoms with Crippen LogP contribution in [0.1, 0.15) is 22.3 Å². The number of ether oxygens (including phenoxy) is 1. The van der Waals surface area contributed by atoms with Gasteiger partial charge in [0.15, 0.2) is 0 Å². The summed E-state index contributed by atoms with van der Waals surface area (Å²) in [5.41, 5.74) is 13.9. The molecule has 0 radical (unpaired) electrons. The largest absolute Gasteiger partial charge is 0.457 e. The summed E-state index contributed by atoms with van der Waals surface area (Å²) in [6, 6.07) is 71.9. The fourth-order valence-electron chi connectivity index (χ4n) is 9.58. The van der Waals surface area contributed by atoms with Gasteiger partial charge in [-0.2, -0.15) is 0 Å². The molecule has 0 saturated heterocycles. The molecule has 2 heterocycles. The minimum Gasteiger partial charge on any atom is -0.457 e. The quantitative estimate of drug-likeness (QED) is 0.181. The lowest BCUT2D eigenvalue weighted by atomic mass is 9.65. The smallest absolute Gasteiger partial charge is 0.143 e. The molecular formula is C53H33NO2. The van der Waals surface area contributed by atoms with Gasteiger partial charge in [0.1, 0.15) is 22.7 Å². The first kappa shape index (κ1) is 31.0. The maximum absolute atomic E-state index is 6.86. The van der Waals surface area contributed by atoms with Crippen LogP contribution in [0, 0.1) is 0 Å². The van der Waals surface area contributed by atoms with Crippen molar-refractivity contribution < 1.29 is 9.15 Å². The Bertz CT molecular complexity index is 3180. The summed E-state index contributed by atoms with van der Waals surface area (Å²) in [5, 5.41) is 4.60. The van der Waals surface area contributed by atoms with Crippen molar-refractivity contribution in [2.45, 2.75) is 5.41 Å². The summed E-state index contributed by atoms with van der Waals surface area (Å²) in [6.07, 6.45) is 0. The van der Waals surface area contributed by atoms with Crippen LogP contribution >= 0.6 is 0 Å². The molecule has 1 atom stereocenters. The Labute approximate surface area is 324 Å². The predicted molar refractivity (Wildman–Crippen MR) is 229 cm³/mol. The van der Waals surface area contributed by atoms with Gasteiger partial charge in [-0.3, -0.25) is 0 Å². The van der Waals surface area contributed by atoms with Crippen LogP contribution in [0.15, 0.2) is 205 Å². The topological polar surface area (TPSA) is 25.6 Å². The highest BCUT2D eigenvalue weighted by Crippen LogP contribution is 2.65. The minimum absolute atomic E-state index is 0.652. The lowest BCUT2D eigenvalue weighted by molar-refractivity contribution is 0.437. The molecule has 0 saturated carbocycles. The number of hydrogen-bond donors (Lipinski definition) is 0. The Morgan fingerprint density at radius 2 is 1.05 bits per heavy atom. The van der Waals surface area contributed by atoms with Crippen molar-refractivity contribution in [1.82, 2.24) is 0 Å². The van der Waals surface area contributed by atoms with Gasteiger partial charge in [0.2, 0.25) is 0 Å². The van der Waals surface area contributed by atoms with Crippen LogP contribution in [0.4, 0.5) is 17.1 Å². The van der Waals surface area contributed by atoms with Crippen LogP contribution in [-0.2, 0) is 5.41 Å². The Morgan fingerprint density at radius 1 is 0.411 bits per heavy atom. The zero-order valence-electron chi connectivity index (χ0n) is 30.3. The molecule has 1 aliphatic carbocycles. The summed E-state index contributed by atoms with van der Waals surface area (Å²) >= 11 is 0. The zero-order chi connectivity index (χ0) is 36.8. The summed E-state index contributed by atoms with van der Waals surface area (Å²) in [7, 11) is 0. The van der Waals surface area contributed by atoms with Gasteiger partial charge in [0, 0.05) is 44.4 Å². The molecule has 1 unspecified atom stereocenters. The summed E-state index contributed by atoms with van der Waals surface area (Å²) < 4.78 is 13.3. The number of anilines is 3. The Kier molecular flexibility index (Phi) is 6.55. The molecular weight excluding hydrogens is 683 g/mol. The monoisotopic (exact) mass is 715 g/mol. The molecule has 1 aliphatic heterocycles. The highest BCUT2D eigenvalue weighted by Gasteiger charge is 2.53. The maximum atomic E-state index is 6.86. The third kappa shape index (κ3) is 4.28. The van der Waals surface area contributed by atoms with Gasteiger partial charge in [-0.1, -0.05) is 146 Å². The lowest BCUT2D eigenvalue weighted by Gasteiger charge is -2.41. The van der Waals surface area contributed by atoms with E-state index in [1.807, 2.05) is 12.1 Å². The average Bonchev–Trinajstić information content (AvgIpc) is 3.79. The number of furan rings is 1. The predicted octanol–water partition coefficient (Wildman–Crippen LogP) is 14.3. The summed E-state index contributed by atoms with van der Waals surface area (Å²) in [6.45, 7) is 0. The summed E-state index contributed by atoms with van der Waals surface area (Å²) in [4.78, 5) is 2.43. The normalized spacial score (nSPS) is 15.0. The van der Waals surface area contributed by atoms with Crippen molar-refractivity contribution in [2.24, 2.45) is 0 Å². The van der Waals surface area contributed by atoms with E-state index in [4.69, 9.17) is 9.15 Å². The third-order valence-electron chi connectivity index (χ3n) is 11.9. The molecule has 3 heteroatoms. The maximum Gasteiger partial charge on any atom is 0.143 e. The van der Waals surface area contributed by atoms with Crippen molar-refractivity contribution >= 4 is 49.8 Å². The number of benzene rings is 9. The van der Waals surface area contributed by atoms with Crippen molar-refractivity contribution in [3.63, 3.8) is 0 Å². The number of fused-ring (bicyclic) bond motifs is 13. The van der Waals surface area contributed by atoms with Crippen LogP contribution in [0.25, 0.3) is 55.0 Å². The van der Waals surface area contributed by atoms with Crippen LogP contribution in [0.5, 0.6) is 11.5 Å². The van der Waals surface area contributed by atoms with E-state index >= 15 is 0 Å². The first-order chi connectivity index (χ1) is 27.8. The third-order valence-corrected chi connectivity index (χ3v) is 11.9. The van der Waals surface area contributed by atoms with Crippen molar-refractivity contribution in [3.05, 3.63) is 222 Å². The van der Waals surface area contributed by atoms with Crippen LogP contribution in [0.2, 0.25) is 0 Å². The van der Waals surface area contributed by atoms with E-state index in [1.165, 1.54) is 27.6 Å². The highest BCUT2D eigenvalue weighted by molar-refractivity contribution is 6.09.